The summed E-state index contributed by atoms with van der Waals surface area (Å²) < 4.78 is 5.97. The van der Waals surface area contributed by atoms with E-state index in [9.17, 15) is 0 Å². The molecule has 0 aliphatic rings. The van der Waals surface area contributed by atoms with Gasteiger partial charge < -0.3 is 9.73 Å². The first-order chi connectivity index (χ1) is 9.94. The summed E-state index contributed by atoms with van der Waals surface area (Å²) in [7, 11) is 0. The van der Waals surface area contributed by atoms with Gasteiger partial charge in [-0.25, -0.2) is 0 Å². The summed E-state index contributed by atoms with van der Waals surface area (Å²) in [5, 5.41) is 3.47. The van der Waals surface area contributed by atoms with E-state index < -0.39 is 0 Å². The molecule has 1 N–H and O–H groups in total. The number of furan rings is 1. The SMILES string of the molecule is CCCCN(CCCC)Cc1ccc(CNC(C)(C)C)o1. The Labute approximate surface area is 131 Å². The standard InChI is InChI=1S/C18H34N2O/c1-6-8-12-20(13-9-7-2)15-17-11-10-16(21-17)14-19-18(3,4)5/h10-11,19H,6-9,12-15H2,1-5H3. The van der Waals surface area contributed by atoms with Crippen molar-refractivity contribution in [2.75, 3.05) is 13.1 Å². The Morgan fingerprint density at radius 3 is 2.10 bits per heavy atom. The van der Waals surface area contributed by atoms with Crippen LogP contribution in [0.4, 0.5) is 0 Å². The highest BCUT2D eigenvalue weighted by Crippen LogP contribution is 2.13. The Morgan fingerprint density at radius 2 is 1.57 bits per heavy atom. The van der Waals surface area contributed by atoms with Gasteiger partial charge in [0.1, 0.15) is 11.5 Å². The van der Waals surface area contributed by atoms with Crippen LogP contribution < -0.4 is 5.32 Å². The van der Waals surface area contributed by atoms with Gasteiger partial charge >= 0.3 is 0 Å². The third kappa shape index (κ3) is 8.27. The minimum atomic E-state index is 0.126. The van der Waals surface area contributed by atoms with Crippen LogP contribution in [0.1, 0.15) is 71.8 Å². The average Bonchev–Trinajstić information content (AvgIpc) is 2.86. The van der Waals surface area contributed by atoms with Crippen LogP contribution in [-0.4, -0.2) is 23.5 Å². The molecule has 21 heavy (non-hydrogen) atoms. The molecule has 0 unspecified atom stereocenters. The highest BCUT2D eigenvalue weighted by atomic mass is 16.3. The van der Waals surface area contributed by atoms with Gasteiger partial charge in [-0.05, 0) is 58.8 Å². The lowest BCUT2D eigenvalue weighted by atomic mass is 10.1. The number of hydrogen-bond donors (Lipinski definition) is 1. The molecule has 3 nitrogen and oxygen atoms in total. The van der Waals surface area contributed by atoms with Crippen molar-refractivity contribution in [1.82, 2.24) is 10.2 Å². The maximum Gasteiger partial charge on any atom is 0.118 e. The topological polar surface area (TPSA) is 28.4 Å². The Morgan fingerprint density at radius 1 is 1.00 bits per heavy atom. The second kappa shape index (κ2) is 9.26. The lowest BCUT2D eigenvalue weighted by molar-refractivity contribution is 0.233. The van der Waals surface area contributed by atoms with Crippen LogP contribution in [0.15, 0.2) is 16.5 Å². The maximum absolute atomic E-state index is 5.97. The Balaban J connectivity index is 2.49. The molecule has 1 aromatic rings. The van der Waals surface area contributed by atoms with Crippen LogP contribution in [0.25, 0.3) is 0 Å². The zero-order valence-corrected chi connectivity index (χ0v) is 14.7. The Kier molecular flexibility index (Phi) is 8.05. The van der Waals surface area contributed by atoms with E-state index in [1.54, 1.807) is 0 Å². The van der Waals surface area contributed by atoms with E-state index in [4.69, 9.17) is 4.42 Å². The molecule has 1 aromatic heterocycles. The first-order valence-electron chi connectivity index (χ1n) is 8.49. The molecule has 0 aliphatic carbocycles. The number of nitrogens with zero attached hydrogens (tertiary/aromatic N) is 1. The van der Waals surface area contributed by atoms with Crippen LogP contribution in [0, 0.1) is 0 Å². The van der Waals surface area contributed by atoms with Crippen LogP contribution >= 0.6 is 0 Å². The van der Waals surface area contributed by atoms with E-state index in [2.05, 4.69) is 57.0 Å². The Hall–Kier alpha value is -0.800. The number of rotatable bonds is 10. The molecule has 122 valence electrons. The largest absolute Gasteiger partial charge is 0.463 e. The first-order valence-corrected chi connectivity index (χ1v) is 8.49. The van der Waals surface area contributed by atoms with Gasteiger partial charge in [-0.15, -0.1) is 0 Å². The van der Waals surface area contributed by atoms with Gasteiger partial charge in [0.2, 0.25) is 0 Å². The van der Waals surface area contributed by atoms with Gasteiger partial charge in [0, 0.05) is 5.54 Å². The lowest BCUT2D eigenvalue weighted by Crippen LogP contribution is -2.34. The summed E-state index contributed by atoms with van der Waals surface area (Å²) in [5.74, 6) is 2.12. The molecule has 0 saturated carbocycles. The van der Waals surface area contributed by atoms with Crippen molar-refractivity contribution in [2.45, 2.75) is 78.9 Å². The molecule has 0 fully saturated rings. The van der Waals surface area contributed by atoms with Crippen molar-refractivity contribution in [3.8, 4) is 0 Å². The van der Waals surface area contributed by atoms with E-state index in [0.29, 0.717) is 0 Å². The molecular formula is C18H34N2O. The van der Waals surface area contributed by atoms with Gasteiger partial charge in [-0.3, -0.25) is 4.90 Å². The molecule has 0 spiro atoms. The van der Waals surface area contributed by atoms with Crippen LogP contribution in [0.3, 0.4) is 0 Å². The first kappa shape index (κ1) is 18.2. The summed E-state index contributed by atoms with van der Waals surface area (Å²) in [6.07, 6.45) is 5.04. The van der Waals surface area contributed by atoms with Crippen LogP contribution in [0.5, 0.6) is 0 Å². The summed E-state index contributed by atoms with van der Waals surface area (Å²) in [6.45, 7) is 15.1. The minimum Gasteiger partial charge on any atom is -0.463 e. The molecule has 0 radical (unpaired) electrons. The summed E-state index contributed by atoms with van der Waals surface area (Å²) in [6, 6.07) is 4.23. The van der Waals surface area contributed by atoms with Crippen molar-refractivity contribution >= 4 is 0 Å². The fourth-order valence-corrected chi connectivity index (χ4v) is 2.21. The molecule has 1 heterocycles. The normalized spacial score (nSPS) is 12.3. The van der Waals surface area contributed by atoms with Crippen molar-refractivity contribution in [1.29, 1.82) is 0 Å². The zero-order valence-electron chi connectivity index (χ0n) is 14.7. The molecule has 0 atom stereocenters. The third-order valence-electron chi connectivity index (χ3n) is 3.55. The van der Waals surface area contributed by atoms with E-state index in [1.165, 1.54) is 38.8 Å². The number of nitrogens with one attached hydrogen (secondary N) is 1. The van der Waals surface area contributed by atoms with Crippen LogP contribution in [-0.2, 0) is 13.1 Å². The molecule has 0 amide bonds. The van der Waals surface area contributed by atoms with Gasteiger partial charge in [-0.1, -0.05) is 26.7 Å². The molecule has 0 saturated heterocycles. The molecule has 0 aliphatic heterocycles. The highest BCUT2D eigenvalue weighted by molar-refractivity contribution is 5.07. The fourth-order valence-electron chi connectivity index (χ4n) is 2.21. The van der Waals surface area contributed by atoms with Crippen molar-refractivity contribution < 1.29 is 4.42 Å². The van der Waals surface area contributed by atoms with E-state index in [1.807, 2.05) is 0 Å². The molecule has 0 bridgehead atoms. The lowest BCUT2D eigenvalue weighted by Gasteiger charge is -2.21. The van der Waals surface area contributed by atoms with E-state index in [0.717, 1.165) is 24.6 Å². The van der Waals surface area contributed by atoms with Crippen molar-refractivity contribution in [2.24, 2.45) is 0 Å². The van der Waals surface area contributed by atoms with Crippen LogP contribution in [0.2, 0.25) is 0 Å². The second-order valence-corrected chi connectivity index (χ2v) is 6.95. The van der Waals surface area contributed by atoms with Gasteiger partial charge in [0.05, 0.1) is 13.1 Å². The van der Waals surface area contributed by atoms with E-state index >= 15 is 0 Å². The zero-order chi connectivity index (χ0) is 15.7. The smallest absolute Gasteiger partial charge is 0.118 e. The quantitative estimate of drug-likeness (QED) is 0.685. The summed E-state index contributed by atoms with van der Waals surface area (Å²) >= 11 is 0. The van der Waals surface area contributed by atoms with Crippen molar-refractivity contribution in [3.63, 3.8) is 0 Å². The molecule has 3 heteroatoms. The van der Waals surface area contributed by atoms with Gasteiger partial charge in [0.15, 0.2) is 0 Å². The third-order valence-corrected chi connectivity index (χ3v) is 3.55. The number of hydrogen-bond acceptors (Lipinski definition) is 3. The van der Waals surface area contributed by atoms with Gasteiger partial charge in [0.25, 0.3) is 0 Å². The second-order valence-electron chi connectivity index (χ2n) is 6.95. The van der Waals surface area contributed by atoms with E-state index in [-0.39, 0.29) is 5.54 Å². The Bertz CT molecular complexity index is 371. The minimum absolute atomic E-state index is 0.126. The summed E-state index contributed by atoms with van der Waals surface area (Å²) in [4.78, 5) is 2.52. The fraction of sp³-hybridized carbons (Fsp3) is 0.778. The monoisotopic (exact) mass is 294 g/mol. The number of unbranched alkanes of at least 4 members (excludes halogenated alkanes) is 2. The maximum atomic E-state index is 5.97. The molecule has 0 aromatic carbocycles. The van der Waals surface area contributed by atoms with Crippen molar-refractivity contribution in [3.05, 3.63) is 23.7 Å². The predicted molar refractivity (Wildman–Crippen MR) is 90.4 cm³/mol. The highest BCUT2D eigenvalue weighted by Gasteiger charge is 2.12. The van der Waals surface area contributed by atoms with Gasteiger partial charge in [-0.2, -0.15) is 0 Å². The summed E-state index contributed by atoms with van der Waals surface area (Å²) in [5.41, 5.74) is 0.126. The molecular weight excluding hydrogens is 260 g/mol. The average molecular weight is 294 g/mol. The molecule has 1 rings (SSSR count). The predicted octanol–water partition coefficient (Wildman–Crippen LogP) is 4.57.